The summed E-state index contributed by atoms with van der Waals surface area (Å²) in [5, 5.41) is 0. The van der Waals surface area contributed by atoms with Crippen LogP contribution >= 0.6 is 50.5 Å². The molecule has 1 aromatic rings. The van der Waals surface area contributed by atoms with Gasteiger partial charge in [-0.2, -0.15) is 0 Å². The third-order valence-electron chi connectivity index (χ3n) is 0.560. The molecule has 1 heterocycles. The van der Waals surface area contributed by atoms with Crippen LogP contribution in [0.2, 0.25) is 8.67 Å². The summed E-state index contributed by atoms with van der Waals surface area (Å²) >= 11 is 15.6. The number of hydrogen-bond acceptors (Lipinski definition) is 1. The predicted molar refractivity (Wildman–Crippen MR) is 40.9 cm³/mol. The second kappa shape index (κ2) is 2.56. The van der Waals surface area contributed by atoms with Gasteiger partial charge in [-0.05, 0) is 15.9 Å². The van der Waals surface area contributed by atoms with Crippen molar-refractivity contribution in [2.45, 2.75) is 0 Å². The summed E-state index contributed by atoms with van der Waals surface area (Å²) in [7, 11) is 0. The van der Waals surface area contributed by atoms with Crippen molar-refractivity contribution in [2.75, 3.05) is 0 Å². The lowest BCUT2D eigenvalue weighted by molar-refractivity contribution is 1.86. The van der Waals surface area contributed by atoms with Crippen molar-refractivity contribution in [3.05, 3.63) is 19.2 Å². The highest BCUT2D eigenvalue weighted by atomic mass is 79.9. The first-order chi connectivity index (χ1) is 3.70. The third kappa shape index (κ3) is 1.38. The van der Waals surface area contributed by atoms with E-state index in [0.717, 1.165) is 4.47 Å². The first kappa shape index (κ1) is 6.87. The van der Waals surface area contributed by atoms with Gasteiger partial charge in [0.15, 0.2) is 0 Å². The lowest BCUT2D eigenvalue weighted by Gasteiger charge is -1.73. The van der Waals surface area contributed by atoms with E-state index in [1.54, 1.807) is 0 Å². The molecule has 0 aliphatic rings. The lowest BCUT2D eigenvalue weighted by atomic mass is 10.7. The van der Waals surface area contributed by atoms with Gasteiger partial charge in [0.05, 0.1) is 4.47 Å². The maximum absolute atomic E-state index is 5.59. The third-order valence-corrected chi connectivity index (χ3v) is 3.06. The van der Waals surface area contributed by atoms with Crippen LogP contribution in [0.15, 0.2) is 4.47 Å². The highest BCUT2D eigenvalue weighted by molar-refractivity contribution is 9.10. The van der Waals surface area contributed by atoms with Crippen molar-refractivity contribution in [3.8, 4) is 0 Å². The van der Waals surface area contributed by atoms with Crippen LogP contribution in [0.25, 0.3) is 0 Å². The van der Waals surface area contributed by atoms with Crippen LogP contribution < -0.4 is 0 Å². The molecule has 0 aliphatic heterocycles. The van der Waals surface area contributed by atoms with Gasteiger partial charge >= 0.3 is 0 Å². The van der Waals surface area contributed by atoms with E-state index in [4.69, 9.17) is 23.2 Å². The minimum Gasteiger partial charge on any atom is -0.110 e. The van der Waals surface area contributed by atoms with Crippen molar-refractivity contribution >= 4 is 50.5 Å². The maximum atomic E-state index is 5.59. The second-order valence-electron chi connectivity index (χ2n) is 1.09. The first-order valence-corrected chi connectivity index (χ1v) is 4.09. The minimum atomic E-state index is 0.585. The van der Waals surface area contributed by atoms with Gasteiger partial charge in [0, 0.05) is 6.07 Å². The van der Waals surface area contributed by atoms with E-state index < -0.39 is 0 Å². The molecule has 4 heteroatoms. The van der Waals surface area contributed by atoms with Crippen molar-refractivity contribution in [2.24, 2.45) is 0 Å². The summed E-state index contributed by atoms with van der Waals surface area (Å²) in [4.78, 5) is 0. The molecule has 0 aliphatic carbocycles. The van der Waals surface area contributed by atoms with Gasteiger partial charge in [-0.15, -0.1) is 11.3 Å². The summed E-state index contributed by atoms with van der Waals surface area (Å²) in [6, 6.07) is 2.78. The van der Waals surface area contributed by atoms with E-state index in [1.165, 1.54) is 11.3 Å². The topological polar surface area (TPSA) is 0 Å². The molecule has 1 aromatic heterocycles. The summed E-state index contributed by atoms with van der Waals surface area (Å²) in [5.41, 5.74) is 0. The summed E-state index contributed by atoms with van der Waals surface area (Å²) < 4.78 is 1.98. The Morgan fingerprint density at radius 1 is 1.50 bits per heavy atom. The molecule has 1 rings (SSSR count). The molecule has 0 nitrogen and oxygen atoms in total. The van der Waals surface area contributed by atoms with Crippen LogP contribution in [0.1, 0.15) is 0 Å². The van der Waals surface area contributed by atoms with Gasteiger partial charge in [-0.1, -0.05) is 23.2 Å². The summed E-state index contributed by atoms with van der Waals surface area (Å²) in [6.45, 7) is 0. The Morgan fingerprint density at radius 2 is 2.12 bits per heavy atom. The van der Waals surface area contributed by atoms with Crippen LogP contribution in [-0.4, -0.2) is 0 Å². The summed E-state index contributed by atoms with van der Waals surface area (Å²) in [5.74, 6) is 0. The largest absolute Gasteiger partial charge is 0.110 e. The lowest BCUT2D eigenvalue weighted by Crippen LogP contribution is -1.46. The molecule has 0 unspecified atom stereocenters. The number of halogens is 3. The van der Waals surface area contributed by atoms with Crippen molar-refractivity contribution in [1.82, 2.24) is 0 Å². The minimum absolute atomic E-state index is 0.585. The monoisotopic (exact) mass is 229 g/mol. The molecule has 0 bridgehead atoms. The average Bonchev–Trinajstić information content (AvgIpc) is 1.85. The Kier molecular flexibility index (Phi) is 2.20. The Morgan fingerprint density at radius 3 is 2.25 bits per heavy atom. The molecule has 0 saturated heterocycles. The number of hydrogen-bond donors (Lipinski definition) is 0. The zero-order valence-corrected chi connectivity index (χ0v) is 7.46. The fourth-order valence-corrected chi connectivity index (χ4v) is 2.15. The highest BCUT2D eigenvalue weighted by Crippen LogP contribution is 2.33. The molecular formula is C4BrCl2S. The molecule has 0 atom stereocenters. The van der Waals surface area contributed by atoms with Gasteiger partial charge in [-0.3, -0.25) is 0 Å². The van der Waals surface area contributed by atoms with Crippen molar-refractivity contribution < 1.29 is 0 Å². The number of thiophene rings is 1. The van der Waals surface area contributed by atoms with E-state index >= 15 is 0 Å². The fourth-order valence-electron chi connectivity index (χ4n) is 0.284. The zero-order valence-electron chi connectivity index (χ0n) is 3.54. The molecule has 0 amide bonds. The fraction of sp³-hybridized carbons (Fsp3) is 0. The Labute approximate surface area is 69.5 Å². The number of rotatable bonds is 0. The molecule has 1 radical (unpaired) electrons. The molecule has 0 fully saturated rings. The smallest absolute Gasteiger partial charge is 0.109 e. The van der Waals surface area contributed by atoms with E-state index in [1.807, 2.05) is 0 Å². The normalized spacial score (nSPS) is 9.88. The van der Waals surface area contributed by atoms with E-state index in [-0.39, 0.29) is 0 Å². The first-order valence-electron chi connectivity index (χ1n) is 1.73. The van der Waals surface area contributed by atoms with Gasteiger partial charge in [0.2, 0.25) is 0 Å². The standard InChI is InChI=1S/C4BrCl2S/c5-2-1-3(6)8-4(2)7. The van der Waals surface area contributed by atoms with Crippen LogP contribution in [0.4, 0.5) is 0 Å². The Bertz CT molecular complexity index is 176. The predicted octanol–water partition coefficient (Wildman–Crippen LogP) is 3.62. The quantitative estimate of drug-likeness (QED) is 0.639. The Hall–Kier alpha value is 0.760. The zero-order chi connectivity index (χ0) is 6.15. The van der Waals surface area contributed by atoms with Crippen molar-refractivity contribution in [3.63, 3.8) is 0 Å². The highest BCUT2D eigenvalue weighted by Gasteiger charge is 2.00. The van der Waals surface area contributed by atoms with Crippen LogP contribution in [-0.2, 0) is 0 Å². The van der Waals surface area contributed by atoms with Gasteiger partial charge in [-0.25, -0.2) is 0 Å². The molecule has 0 aromatic carbocycles. The SMILES string of the molecule is Clc1[c]c(Br)c(Cl)s1. The van der Waals surface area contributed by atoms with Crippen molar-refractivity contribution in [1.29, 1.82) is 0 Å². The average molecular weight is 231 g/mol. The molecule has 0 spiro atoms. The molecule has 8 heavy (non-hydrogen) atoms. The Balaban J connectivity index is 3.14. The van der Waals surface area contributed by atoms with Gasteiger partial charge in [0.1, 0.15) is 8.67 Å². The molecular weight excluding hydrogens is 231 g/mol. The van der Waals surface area contributed by atoms with E-state index in [9.17, 15) is 0 Å². The second-order valence-corrected chi connectivity index (χ2v) is 4.11. The van der Waals surface area contributed by atoms with Gasteiger partial charge in [0.25, 0.3) is 0 Å². The maximum Gasteiger partial charge on any atom is 0.109 e. The van der Waals surface area contributed by atoms with Crippen LogP contribution in [0, 0.1) is 6.07 Å². The van der Waals surface area contributed by atoms with E-state index in [2.05, 4.69) is 22.0 Å². The van der Waals surface area contributed by atoms with E-state index in [0.29, 0.717) is 8.67 Å². The van der Waals surface area contributed by atoms with Crippen LogP contribution in [0.5, 0.6) is 0 Å². The molecule has 43 valence electrons. The van der Waals surface area contributed by atoms with Crippen LogP contribution in [0.3, 0.4) is 0 Å². The molecule has 0 saturated carbocycles. The molecule has 0 N–H and O–H groups in total. The van der Waals surface area contributed by atoms with Gasteiger partial charge < -0.3 is 0 Å². The summed E-state index contributed by atoms with van der Waals surface area (Å²) in [6.07, 6.45) is 0.